The first-order valence-electron chi connectivity index (χ1n) is 16.4. The highest BCUT2D eigenvalue weighted by Gasteiger charge is 2.20. The summed E-state index contributed by atoms with van der Waals surface area (Å²) in [6, 6.07) is 63.3. The van der Waals surface area contributed by atoms with Crippen molar-refractivity contribution in [3.05, 3.63) is 176 Å². The van der Waals surface area contributed by atoms with Crippen molar-refractivity contribution in [2.45, 2.75) is 0 Å². The first-order chi connectivity index (χ1) is 23.8. The van der Waals surface area contributed by atoms with E-state index in [9.17, 15) is 0 Å². The monoisotopic (exact) mass is 611 g/mol. The Labute approximate surface area is 277 Å². The molecule has 0 aliphatic heterocycles. The zero-order valence-electron chi connectivity index (χ0n) is 26.1. The van der Waals surface area contributed by atoms with Gasteiger partial charge in [0.1, 0.15) is 11.2 Å². The van der Waals surface area contributed by atoms with Gasteiger partial charge in [-0.2, -0.15) is 0 Å². The molecule has 0 amide bonds. The third-order valence-electron chi connectivity index (χ3n) is 9.80. The third-order valence-corrected chi connectivity index (χ3v) is 9.80. The van der Waals surface area contributed by atoms with E-state index in [0.717, 1.165) is 39.0 Å². The number of nitrogens with zero attached hydrogens (tertiary/aromatic N) is 1. The van der Waals surface area contributed by atoms with Gasteiger partial charge >= 0.3 is 0 Å². The average Bonchev–Trinajstić information content (AvgIpc) is 3.54. The molecule has 48 heavy (non-hydrogen) atoms. The molecule has 1 aromatic heterocycles. The molecule has 0 radical (unpaired) electrons. The van der Waals surface area contributed by atoms with E-state index in [2.05, 4.69) is 181 Å². The number of rotatable bonds is 4. The molecule has 10 aromatic rings. The molecule has 0 N–H and O–H groups in total. The summed E-state index contributed by atoms with van der Waals surface area (Å²) in [5.41, 5.74) is 7.43. The second-order valence-corrected chi connectivity index (χ2v) is 12.5. The van der Waals surface area contributed by atoms with E-state index in [1.54, 1.807) is 0 Å². The third kappa shape index (κ3) is 4.13. The number of hydrogen-bond acceptors (Lipinski definition) is 2. The van der Waals surface area contributed by atoms with Crippen LogP contribution < -0.4 is 4.90 Å². The van der Waals surface area contributed by atoms with Crippen LogP contribution in [0.25, 0.3) is 76.2 Å². The SMILES string of the molecule is c1ccc(-c2ccc(N(c3ccc4c(c3)oc3ccc5ccccc5c34)c3cc4ccc5ccccc5c4c4ccccc34)cc2)cc1. The fourth-order valence-corrected chi connectivity index (χ4v) is 7.58. The van der Waals surface area contributed by atoms with E-state index in [1.807, 2.05) is 0 Å². The van der Waals surface area contributed by atoms with Crippen molar-refractivity contribution < 1.29 is 4.42 Å². The van der Waals surface area contributed by atoms with E-state index in [4.69, 9.17) is 4.42 Å². The molecule has 0 unspecified atom stereocenters. The zero-order chi connectivity index (χ0) is 31.6. The van der Waals surface area contributed by atoms with E-state index >= 15 is 0 Å². The minimum atomic E-state index is 0.876. The van der Waals surface area contributed by atoms with Crippen LogP contribution in [0.15, 0.2) is 180 Å². The maximum Gasteiger partial charge on any atom is 0.137 e. The largest absolute Gasteiger partial charge is 0.456 e. The van der Waals surface area contributed by atoms with Gasteiger partial charge in [0.15, 0.2) is 0 Å². The Morgan fingerprint density at radius 2 is 0.917 bits per heavy atom. The molecule has 0 fully saturated rings. The molecule has 0 atom stereocenters. The zero-order valence-corrected chi connectivity index (χ0v) is 26.1. The molecule has 0 saturated carbocycles. The normalized spacial score (nSPS) is 11.8. The van der Waals surface area contributed by atoms with Crippen LogP contribution >= 0.6 is 0 Å². The summed E-state index contributed by atoms with van der Waals surface area (Å²) < 4.78 is 6.58. The lowest BCUT2D eigenvalue weighted by molar-refractivity contribution is 0.669. The fourth-order valence-electron chi connectivity index (χ4n) is 7.58. The highest BCUT2D eigenvalue weighted by atomic mass is 16.3. The Morgan fingerprint density at radius 1 is 0.333 bits per heavy atom. The number of anilines is 3. The van der Waals surface area contributed by atoms with Crippen LogP contribution in [0, 0.1) is 0 Å². The Kier molecular flexibility index (Phi) is 5.91. The quantitative estimate of drug-likeness (QED) is 0.184. The lowest BCUT2D eigenvalue weighted by Crippen LogP contribution is -2.10. The van der Waals surface area contributed by atoms with Gasteiger partial charge in [-0.25, -0.2) is 0 Å². The van der Waals surface area contributed by atoms with Crippen LogP contribution in [0.4, 0.5) is 17.1 Å². The highest BCUT2D eigenvalue weighted by Crippen LogP contribution is 2.45. The van der Waals surface area contributed by atoms with Gasteiger partial charge in [0.05, 0.1) is 5.69 Å². The molecule has 0 bridgehead atoms. The predicted molar refractivity (Wildman–Crippen MR) is 204 cm³/mol. The van der Waals surface area contributed by atoms with E-state index in [0.29, 0.717) is 0 Å². The Bertz CT molecular complexity index is 2830. The van der Waals surface area contributed by atoms with Gasteiger partial charge < -0.3 is 9.32 Å². The Balaban J connectivity index is 1.24. The molecule has 0 aliphatic rings. The maximum atomic E-state index is 6.58. The molecule has 224 valence electrons. The number of hydrogen-bond donors (Lipinski definition) is 0. The summed E-state index contributed by atoms with van der Waals surface area (Å²) in [4.78, 5) is 2.39. The first-order valence-corrected chi connectivity index (χ1v) is 16.4. The van der Waals surface area contributed by atoms with Crippen molar-refractivity contribution in [3.8, 4) is 11.1 Å². The van der Waals surface area contributed by atoms with Gasteiger partial charge in [-0.3, -0.25) is 0 Å². The van der Waals surface area contributed by atoms with Crippen molar-refractivity contribution in [1.82, 2.24) is 0 Å². The van der Waals surface area contributed by atoms with Crippen molar-refractivity contribution in [2.24, 2.45) is 0 Å². The molecule has 2 nitrogen and oxygen atoms in total. The van der Waals surface area contributed by atoms with Gasteiger partial charge in [-0.15, -0.1) is 0 Å². The van der Waals surface area contributed by atoms with Gasteiger partial charge in [-0.1, -0.05) is 133 Å². The second kappa shape index (κ2) is 10.6. The van der Waals surface area contributed by atoms with Gasteiger partial charge in [0.2, 0.25) is 0 Å². The van der Waals surface area contributed by atoms with Crippen LogP contribution in [0.1, 0.15) is 0 Å². The summed E-state index contributed by atoms with van der Waals surface area (Å²) >= 11 is 0. The average molecular weight is 612 g/mol. The lowest BCUT2D eigenvalue weighted by Gasteiger charge is -2.28. The number of benzene rings is 9. The lowest BCUT2D eigenvalue weighted by atomic mass is 9.94. The van der Waals surface area contributed by atoms with Gasteiger partial charge in [-0.05, 0) is 85.2 Å². The molecule has 2 heteroatoms. The van der Waals surface area contributed by atoms with Crippen molar-refractivity contribution in [1.29, 1.82) is 0 Å². The minimum Gasteiger partial charge on any atom is -0.456 e. The van der Waals surface area contributed by atoms with Crippen molar-refractivity contribution >= 4 is 82.1 Å². The Hall–Kier alpha value is -6.38. The van der Waals surface area contributed by atoms with Crippen LogP contribution in [0.3, 0.4) is 0 Å². The molecular weight excluding hydrogens is 583 g/mol. The summed E-state index contributed by atoms with van der Waals surface area (Å²) in [6.45, 7) is 0. The summed E-state index contributed by atoms with van der Waals surface area (Å²) in [7, 11) is 0. The van der Waals surface area contributed by atoms with E-state index < -0.39 is 0 Å². The standard InChI is InChI=1S/C46H29NO/c1-2-10-30(11-3-1)31-20-23-35(24-21-31)47(36-25-26-41-44(29-36)48-43-27-22-33-13-5-7-15-38(33)46(41)43)42-28-34-19-18-32-12-4-6-14-37(32)45(34)40-17-9-8-16-39(40)42/h1-29H. The molecular formula is C46H29NO. The first kappa shape index (κ1) is 26.8. The van der Waals surface area contributed by atoms with Crippen LogP contribution in [-0.4, -0.2) is 0 Å². The van der Waals surface area contributed by atoms with Crippen LogP contribution in [0.5, 0.6) is 0 Å². The summed E-state index contributed by atoms with van der Waals surface area (Å²) in [5.74, 6) is 0. The topological polar surface area (TPSA) is 16.4 Å². The molecule has 0 saturated heterocycles. The van der Waals surface area contributed by atoms with Crippen LogP contribution in [0.2, 0.25) is 0 Å². The maximum absolute atomic E-state index is 6.58. The second-order valence-electron chi connectivity index (χ2n) is 12.5. The summed E-state index contributed by atoms with van der Waals surface area (Å²) in [6.07, 6.45) is 0. The molecule has 0 aliphatic carbocycles. The van der Waals surface area contributed by atoms with Gasteiger partial charge in [0.25, 0.3) is 0 Å². The summed E-state index contributed by atoms with van der Waals surface area (Å²) in [5, 5.41) is 12.2. The molecule has 10 rings (SSSR count). The number of furan rings is 1. The fraction of sp³-hybridized carbons (Fsp3) is 0. The van der Waals surface area contributed by atoms with E-state index in [-0.39, 0.29) is 0 Å². The highest BCUT2D eigenvalue weighted by molar-refractivity contribution is 6.24. The van der Waals surface area contributed by atoms with Crippen molar-refractivity contribution in [2.75, 3.05) is 4.90 Å². The molecule has 1 heterocycles. The smallest absolute Gasteiger partial charge is 0.137 e. The van der Waals surface area contributed by atoms with E-state index in [1.165, 1.54) is 54.2 Å². The minimum absolute atomic E-state index is 0.876. The molecule has 9 aromatic carbocycles. The van der Waals surface area contributed by atoms with Crippen LogP contribution in [-0.2, 0) is 0 Å². The molecule has 0 spiro atoms. The number of fused-ring (bicyclic) bond motifs is 10. The van der Waals surface area contributed by atoms with Gasteiger partial charge in [0, 0.05) is 33.6 Å². The predicted octanol–water partition coefficient (Wildman–Crippen LogP) is 13.3. The Morgan fingerprint density at radius 3 is 1.69 bits per heavy atom. The van der Waals surface area contributed by atoms with Crippen molar-refractivity contribution in [3.63, 3.8) is 0 Å².